The molecule has 0 unspecified atom stereocenters. The lowest BCUT2D eigenvalue weighted by Gasteiger charge is -2.10. The van der Waals surface area contributed by atoms with Gasteiger partial charge >= 0.3 is 0 Å². The van der Waals surface area contributed by atoms with Gasteiger partial charge in [0.1, 0.15) is 5.82 Å². The molecule has 0 spiro atoms. The third-order valence-electron chi connectivity index (χ3n) is 4.19. The Morgan fingerprint density at radius 3 is 2.96 bits per heavy atom. The van der Waals surface area contributed by atoms with Gasteiger partial charge in [-0.2, -0.15) is 5.10 Å². The van der Waals surface area contributed by atoms with Crippen LogP contribution in [0.25, 0.3) is 10.9 Å². The molecule has 0 amide bonds. The van der Waals surface area contributed by atoms with Gasteiger partial charge in [-0.05, 0) is 49.1 Å². The van der Waals surface area contributed by atoms with Crippen molar-refractivity contribution in [3.05, 3.63) is 53.7 Å². The van der Waals surface area contributed by atoms with Crippen LogP contribution in [0.5, 0.6) is 0 Å². The van der Waals surface area contributed by atoms with Crippen molar-refractivity contribution in [2.75, 3.05) is 19.6 Å². The lowest BCUT2D eigenvalue weighted by atomic mass is 10.1. The van der Waals surface area contributed by atoms with Crippen molar-refractivity contribution in [2.24, 2.45) is 12.0 Å². The van der Waals surface area contributed by atoms with Crippen LogP contribution in [-0.4, -0.2) is 40.4 Å². The number of hydrogen-bond donors (Lipinski definition) is 3. The van der Waals surface area contributed by atoms with Crippen molar-refractivity contribution in [3.63, 3.8) is 0 Å². The Labute approximate surface area is 152 Å². The molecule has 0 saturated heterocycles. The summed E-state index contributed by atoms with van der Waals surface area (Å²) >= 11 is 0. The largest absolute Gasteiger partial charge is 0.361 e. The van der Waals surface area contributed by atoms with E-state index in [-0.39, 0.29) is 5.82 Å². The molecular formula is C19H25FN6. The molecule has 7 heteroatoms. The topological polar surface area (TPSA) is 70.0 Å². The molecule has 6 nitrogen and oxygen atoms in total. The average Bonchev–Trinajstić information content (AvgIpc) is 3.21. The van der Waals surface area contributed by atoms with Crippen molar-refractivity contribution in [3.8, 4) is 0 Å². The number of nitrogens with zero attached hydrogens (tertiary/aromatic N) is 3. The third-order valence-corrected chi connectivity index (χ3v) is 4.19. The smallest absolute Gasteiger partial charge is 0.191 e. The first-order chi connectivity index (χ1) is 12.7. The van der Waals surface area contributed by atoms with Gasteiger partial charge in [-0.15, -0.1) is 0 Å². The van der Waals surface area contributed by atoms with E-state index in [1.807, 2.05) is 32.6 Å². The van der Waals surface area contributed by atoms with E-state index in [1.54, 1.807) is 16.8 Å². The summed E-state index contributed by atoms with van der Waals surface area (Å²) < 4.78 is 15.3. The second-order valence-electron chi connectivity index (χ2n) is 6.21. The van der Waals surface area contributed by atoms with Crippen molar-refractivity contribution in [1.29, 1.82) is 0 Å². The van der Waals surface area contributed by atoms with E-state index in [0.717, 1.165) is 48.4 Å². The van der Waals surface area contributed by atoms with Crippen molar-refractivity contribution >= 4 is 16.9 Å². The predicted molar refractivity (Wildman–Crippen MR) is 103 cm³/mol. The number of aliphatic imine (C=N–C) groups is 1. The van der Waals surface area contributed by atoms with Gasteiger partial charge in [-0.3, -0.25) is 9.67 Å². The summed E-state index contributed by atoms with van der Waals surface area (Å²) in [6.07, 6.45) is 7.47. The van der Waals surface area contributed by atoms with Gasteiger partial charge in [-0.25, -0.2) is 4.39 Å². The number of aryl methyl sites for hydroxylation is 1. The summed E-state index contributed by atoms with van der Waals surface area (Å²) in [5, 5.41) is 11.7. The van der Waals surface area contributed by atoms with Gasteiger partial charge in [0, 0.05) is 50.0 Å². The Morgan fingerprint density at radius 1 is 1.31 bits per heavy atom. The van der Waals surface area contributed by atoms with E-state index in [4.69, 9.17) is 0 Å². The zero-order chi connectivity index (χ0) is 18.4. The maximum Gasteiger partial charge on any atom is 0.191 e. The molecule has 138 valence electrons. The maximum atomic E-state index is 13.5. The molecule has 1 aromatic carbocycles. The van der Waals surface area contributed by atoms with Crippen LogP contribution >= 0.6 is 0 Å². The molecule has 3 N–H and O–H groups in total. The Morgan fingerprint density at radius 2 is 2.19 bits per heavy atom. The molecule has 0 aliphatic carbocycles. The monoisotopic (exact) mass is 356 g/mol. The number of rotatable bonds is 7. The highest BCUT2D eigenvalue weighted by Gasteiger charge is 2.05. The van der Waals surface area contributed by atoms with Crippen molar-refractivity contribution in [2.45, 2.75) is 19.8 Å². The number of benzene rings is 1. The molecule has 0 radical (unpaired) electrons. The molecule has 3 rings (SSSR count). The Balaban J connectivity index is 1.55. The lowest BCUT2D eigenvalue weighted by Crippen LogP contribution is -2.38. The molecule has 3 aromatic rings. The van der Waals surface area contributed by atoms with E-state index < -0.39 is 0 Å². The average molecular weight is 356 g/mol. The van der Waals surface area contributed by atoms with Crippen LogP contribution in [0.3, 0.4) is 0 Å². The number of aromatic amines is 1. The van der Waals surface area contributed by atoms with Gasteiger partial charge < -0.3 is 15.6 Å². The molecule has 0 fully saturated rings. The predicted octanol–water partition coefficient (Wildman–Crippen LogP) is 2.38. The Hall–Kier alpha value is -2.83. The molecule has 0 atom stereocenters. The van der Waals surface area contributed by atoms with Gasteiger partial charge in [-0.1, -0.05) is 0 Å². The number of nitrogens with one attached hydrogen (secondary N) is 3. The molecule has 2 heterocycles. The highest BCUT2D eigenvalue weighted by Crippen LogP contribution is 2.19. The third kappa shape index (κ3) is 4.62. The molecule has 0 saturated carbocycles. The van der Waals surface area contributed by atoms with E-state index in [2.05, 4.69) is 25.7 Å². The first-order valence-electron chi connectivity index (χ1n) is 8.91. The fourth-order valence-electron chi connectivity index (χ4n) is 2.91. The molecule has 2 aromatic heterocycles. The molecule has 0 aliphatic rings. The first kappa shape index (κ1) is 18.0. The molecule has 0 bridgehead atoms. The SMILES string of the molecule is CCNC(=NCCc1c[nH]c2ccc(F)cc12)NCCc1cnn(C)c1. The summed E-state index contributed by atoms with van der Waals surface area (Å²) in [5.41, 5.74) is 3.22. The second-order valence-corrected chi connectivity index (χ2v) is 6.21. The summed E-state index contributed by atoms with van der Waals surface area (Å²) in [5.74, 6) is 0.578. The minimum atomic E-state index is -0.216. The van der Waals surface area contributed by atoms with Crippen molar-refractivity contribution < 1.29 is 4.39 Å². The summed E-state index contributed by atoms with van der Waals surface area (Å²) in [4.78, 5) is 7.80. The zero-order valence-electron chi connectivity index (χ0n) is 15.2. The standard InChI is InChI=1S/C19H25FN6/c1-3-21-19(22-8-6-14-11-25-26(2)13-14)23-9-7-15-12-24-18-5-4-16(20)10-17(15)18/h4-5,10-13,24H,3,6-9H2,1-2H3,(H2,21,22,23). The quantitative estimate of drug-likeness (QED) is 0.450. The van der Waals surface area contributed by atoms with E-state index in [1.165, 1.54) is 11.6 Å². The lowest BCUT2D eigenvalue weighted by molar-refractivity contribution is 0.629. The molecule has 26 heavy (non-hydrogen) atoms. The number of halogens is 1. The number of H-pyrrole nitrogens is 1. The van der Waals surface area contributed by atoms with E-state index in [9.17, 15) is 4.39 Å². The normalized spacial score (nSPS) is 11.9. The van der Waals surface area contributed by atoms with Gasteiger partial charge in [0.15, 0.2) is 5.96 Å². The Kier molecular flexibility index (Phi) is 5.88. The number of guanidine groups is 1. The van der Waals surface area contributed by atoms with Crippen LogP contribution in [0, 0.1) is 5.82 Å². The van der Waals surface area contributed by atoms with Crippen LogP contribution in [0.1, 0.15) is 18.1 Å². The Bertz CT molecular complexity index is 879. The molecular weight excluding hydrogens is 331 g/mol. The van der Waals surface area contributed by atoms with E-state index >= 15 is 0 Å². The number of aromatic nitrogens is 3. The van der Waals surface area contributed by atoms with Gasteiger partial charge in [0.2, 0.25) is 0 Å². The zero-order valence-corrected chi connectivity index (χ0v) is 15.2. The first-order valence-corrected chi connectivity index (χ1v) is 8.91. The molecule has 0 aliphatic heterocycles. The van der Waals surface area contributed by atoms with Crippen molar-refractivity contribution in [1.82, 2.24) is 25.4 Å². The van der Waals surface area contributed by atoms with Crippen LogP contribution in [0.15, 0.2) is 41.8 Å². The van der Waals surface area contributed by atoms with E-state index in [0.29, 0.717) is 6.54 Å². The minimum absolute atomic E-state index is 0.216. The fraction of sp³-hybridized carbons (Fsp3) is 0.368. The summed E-state index contributed by atoms with van der Waals surface area (Å²) in [6, 6.07) is 4.81. The van der Waals surface area contributed by atoms with Crippen LogP contribution in [-0.2, 0) is 19.9 Å². The van der Waals surface area contributed by atoms with Crippen LogP contribution in [0.2, 0.25) is 0 Å². The highest BCUT2D eigenvalue weighted by atomic mass is 19.1. The maximum absolute atomic E-state index is 13.5. The summed E-state index contributed by atoms with van der Waals surface area (Å²) in [7, 11) is 1.92. The minimum Gasteiger partial charge on any atom is -0.361 e. The van der Waals surface area contributed by atoms with Crippen LogP contribution < -0.4 is 10.6 Å². The fourth-order valence-corrected chi connectivity index (χ4v) is 2.91. The summed E-state index contributed by atoms with van der Waals surface area (Å²) in [6.45, 7) is 4.26. The van der Waals surface area contributed by atoms with Gasteiger partial charge in [0.05, 0.1) is 6.20 Å². The van der Waals surface area contributed by atoms with Crippen LogP contribution in [0.4, 0.5) is 4.39 Å². The number of hydrogen-bond acceptors (Lipinski definition) is 2. The second kappa shape index (κ2) is 8.51. The highest BCUT2D eigenvalue weighted by molar-refractivity contribution is 5.83. The number of fused-ring (bicyclic) bond motifs is 1. The van der Waals surface area contributed by atoms with Gasteiger partial charge in [0.25, 0.3) is 0 Å².